The first-order valence-corrected chi connectivity index (χ1v) is 6.99. The van der Waals surface area contributed by atoms with Crippen LogP contribution in [0.2, 0.25) is 0 Å². The Morgan fingerprint density at radius 3 is 2.38 bits per heavy atom. The fraction of sp³-hybridized carbons (Fsp3) is 1.00. The first kappa shape index (κ1) is 14.0. The van der Waals surface area contributed by atoms with Gasteiger partial charge in [-0.3, -0.25) is 0 Å². The van der Waals surface area contributed by atoms with Gasteiger partial charge in [0.2, 0.25) is 0 Å². The molecule has 0 bridgehead atoms. The second kappa shape index (κ2) is 6.61. The maximum atomic E-state index is 10.5. The Bertz CT molecular complexity index is 183. The molecule has 1 aliphatic rings. The smallest absolute Gasteiger partial charge is 0.0659 e. The van der Waals surface area contributed by atoms with Crippen molar-refractivity contribution in [1.29, 1.82) is 0 Å². The first-order chi connectivity index (χ1) is 7.56. The lowest BCUT2D eigenvalue weighted by molar-refractivity contribution is -0.0275. The molecule has 0 aliphatic heterocycles. The molecule has 16 heavy (non-hydrogen) atoms. The summed E-state index contributed by atoms with van der Waals surface area (Å²) < 4.78 is 0. The van der Waals surface area contributed by atoms with Crippen LogP contribution in [-0.2, 0) is 0 Å². The van der Waals surface area contributed by atoms with Crippen LogP contribution in [0.4, 0.5) is 0 Å². The molecular formula is C14H29NO. The van der Waals surface area contributed by atoms with Crippen LogP contribution in [0.5, 0.6) is 0 Å². The van der Waals surface area contributed by atoms with Gasteiger partial charge in [-0.2, -0.15) is 0 Å². The Morgan fingerprint density at radius 1 is 1.19 bits per heavy atom. The van der Waals surface area contributed by atoms with Crippen molar-refractivity contribution in [2.24, 2.45) is 11.8 Å². The molecule has 0 aromatic heterocycles. The highest BCUT2D eigenvalue weighted by molar-refractivity contribution is 4.86. The predicted octanol–water partition coefficient (Wildman–Crippen LogP) is 2.95. The minimum atomic E-state index is -0.457. The van der Waals surface area contributed by atoms with E-state index in [1.807, 2.05) is 6.92 Å². The molecule has 0 aromatic rings. The summed E-state index contributed by atoms with van der Waals surface area (Å²) in [5.41, 5.74) is -0.457. The Kier molecular flexibility index (Phi) is 5.77. The molecular weight excluding hydrogens is 198 g/mol. The second-order valence-electron chi connectivity index (χ2n) is 5.81. The van der Waals surface area contributed by atoms with E-state index >= 15 is 0 Å². The molecule has 0 spiro atoms. The molecule has 0 amide bonds. The maximum absolute atomic E-state index is 10.5. The largest absolute Gasteiger partial charge is 0.390 e. The molecule has 1 saturated carbocycles. The Hall–Kier alpha value is -0.0800. The number of aliphatic hydroxyl groups is 1. The first-order valence-electron chi connectivity index (χ1n) is 6.99. The lowest BCUT2D eigenvalue weighted by atomic mass is 9.73. The number of hydrogen-bond acceptors (Lipinski definition) is 2. The number of nitrogens with one attached hydrogen (secondary N) is 1. The van der Waals surface area contributed by atoms with E-state index in [2.05, 4.69) is 19.2 Å². The molecule has 96 valence electrons. The van der Waals surface area contributed by atoms with E-state index in [4.69, 9.17) is 0 Å². The van der Waals surface area contributed by atoms with E-state index < -0.39 is 5.60 Å². The van der Waals surface area contributed by atoms with Crippen molar-refractivity contribution < 1.29 is 5.11 Å². The quantitative estimate of drug-likeness (QED) is 0.684. The van der Waals surface area contributed by atoms with E-state index in [0.29, 0.717) is 5.92 Å². The van der Waals surface area contributed by atoms with Crippen molar-refractivity contribution in [3.05, 3.63) is 0 Å². The van der Waals surface area contributed by atoms with Crippen molar-refractivity contribution in [2.45, 2.75) is 64.9 Å². The second-order valence-corrected chi connectivity index (χ2v) is 5.81. The average molecular weight is 227 g/mol. The van der Waals surface area contributed by atoms with Crippen molar-refractivity contribution in [3.8, 4) is 0 Å². The van der Waals surface area contributed by atoms with E-state index in [1.165, 1.54) is 32.1 Å². The van der Waals surface area contributed by atoms with Gasteiger partial charge in [-0.15, -0.1) is 0 Å². The third-order valence-corrected chi connectivity index (χ3v) is 4.13. The van der Waals surface area contributed by atoms with Gasteiger partial charge in [-0.05, 0) is 57.5 Å². The van der Waals surface area contributed by atoms with Crippen molar-refractivity contribution in [1.82, 2.24) is 5.32 Å². The summed E-state index contributed by atoms with van der Waals surface area (Å²) >= 11 is 0. The Balaban J connectivity index is 2.26. The van der Waals surface area contributed by atoms with Gasteiger partial charge in [0.25, 0.3) is 0 Å². The van der Waals surface area contributed by atoms with E-state index in [0.717, 1.165) is 25.4 Å². The molecule has 1 aliphatic carbocycles. The van der Waals surface area contributed by atoms with Gasteiger partial charge < -0.3 is 10.4 Å². The van der Waals surface area contributed by atoms with Crippen LogP contribution in [-0.4, -0.2) is 23.8 Å². The zero-order valence-corrected chi connectivity index (χ0v) is 11.3. The topological polar surface area (TPSA) is 32.3 Å². The maximum Gasteiger partial charge on any atom is 0.0659 e. The van der Waals surface area contributed by atoms with Gasteiger partial charge in [0.15, 0.2) is 0 Å². The van der Waals surface area contributed by atoms with Gasteiger partial charge >= 0.3 is 0 Å². The monoisotopic (exact) mass is 227 g/mol. The summed E-state index contributed by atoms with van der Waals surface area (Å²) in [5.74, 6) is 1.39. The molecule has 1 unspecified atom stereocenters. The summed E-state index contributed by atoms with van der Waals surface area (Å²) in [7, 11) is 0. The van der Waals surface area contributed by atoms with Crippen LogP contribution in [0.15, 0.2) is 0 Å². The molecule has 0 radical (unpaired) electrons. The molecule has 2 nitrogen and oxygen atoms in total. The number of rotatable bonds is 6. The van der Waals surface area contributed by atoms with Crippen molar-refractivity contribution in [3.63, 3.8) is 0 Å². The van der Waals surface area contributed by atoms with Crippen molar-refractivity contribution >= 4 is 0 Å². The molecule has 1 rings (SSSR count). The van der Waals surface area contributed by atoms with Crippen LogP contribution in [0.1, 0.15) is 59.3 Å². The fourth-order valence-corrected chi connectivity index (χ4v) is 2.73. The molecule has 0 aromatic carbocycles. The zero-order valence-electron chi connectivity index (χ0n) is 11.3. The van der Waals surface area contributed by atoms with E-state index in [-0.39, 0.29) is 0 Å². The van der Waals surface area contributed by atoms with Gasteiger partial charge in [-0.1, -0.05) is 26.7 Å². The SMILES string of the molecule is CCCNCCC(C)(O)C1CCC(C)CC1. The van der Waals surface area contributed by atoms with Crippen molar-refractivity contribution in [2.75, 3.05) is 13.1 Å². The van der Waals surface area contributed by atoms with Crippen LogP contribution < -0.4 is 5.32 Å². The highest BCUT2D eigenvalue weighted by Gasteiger charge is 2.33. The molecule has 2 N–H and O–H groups in total. The molecule has 0 saturated heterocycles. The van der Waals surface area contributed by atoms with Gasteiger partial charge in [0.1, 0.15) is 0 Å². The molecule has 0 heterocycles. The van der Waals surface area contributed by atoms with Gasteiger partial charge in [-0.25, -0.2) is 0 Å². The standard InChI is InChI=1S/C14H29NO/c1-4-10-15-11-9-14(3,16)13-7-5-12(2)6-8-13/h12-13,15-16H,4-11H2,1-3H3. The molecule has 1 atom stereocenters. The molecule has 1 fully saturated rings. The Labute approximate surface area is 101 Å². The zero-order chi connectivity index (χ0) is 12.0. The van der Waals surface area contributed by atoms with E-state index in [9.17, 15) is 5.11 Å². The van der Waals surface area contributed by atoms with E-state index in [1.54, 1.807) is 0 Å². The van der Waals surface area contributed by atoms with Crippen LogP contribution in [0.25, 0.3) is 0 Å². The highest BCUT2D eigenvalue weighted by atomic mass is 16.3. The number of hydrogen-bond donors (Lipinski definition) is 2. The summed E-state index contributed by atoms with van der Waals surface area (Å²) in [6, 6.07) is 0. The van der Waals surface area contributed by atoms with Crippen LogP contribution in [0, 0.1) is 11.8 Å². The summed E-state index contributed by atoms with van der Waals surface area (Å²) in [6.45, 7) is 8.55. The van der Waals surface area contributed by atoms with Gasteiger partial charge in [0.05, 0.1) is 5.60 Å². The lowest BCUT2D eigenvalue weighted by Crippen LogP contribution is -2.39. The minimum absolute atomic E-state index is 0.457. The van der Waals surface area contributed by atoms with Gasteiger partial charge in [0, 0.05) is 0 Å². The predicted molar refractivity (Wildman–Crippen MR) is 69.5 cm³/mol. The lowest BCUT2D eigenvalue weighted by Gasteiger charge is -2.37. The van der Waals surface area contributed by atoms with Crippen LogP contribution in [0.3, 0.4) is 0 Å². The fourth-order valence-electron chi connectivity index (χ4n) is 2.73. The minimum Gasteiger partial charge on any atom is -0.390 e. The third-order valence-electron chi connectivity index (χ3n) is 4.13. The summed E-state index contributed by atoms with van der Waals surface area (Å²) in [5, 5.41) is 13.9. The Morgan fingerprint density at radius 2 is 1.81 bits per heavy atom. The third kappa shape index (κ3) is 4.42. The highest BCUT2D eigenvalue weighted by Crippen LogP contribution is 2.36. The normalized spacial score (nSPS) is 30.0. The molecule has 2 heteroatoms. The average Bonchev–Trinajstić information content (AvgIpc) is 2.25. The summed E-state index contributed by atoms with van der Waals surface area (Å²) in [4.78, 5) is 0. The summed E-state index contributed by atoms with van der Waals surface area (Å²) in [6.07, 6.45) is 7.07. The van der Waals surface area contributed by atoms with Crippen LogP contribution >= 0.6 is 0 Å².